The first-order valence-corrected chi connectivity index (χ1v) is 7.14. The molecule has 0 radical (unpaired) electrons. The van der Waals surface area contributed by atoms with Gasteiger partial charge in [-0.2, -0.15) is 0 Å². The molecule has 1 aliphatic heterocycles. The maximum Gasteiger partial charge on any atom is 0.0741 e. The van der Waals surface area contributed by atoms with Crippen LogP contribution in [0.2, 0.25) is 0 Å². The van der Waals surface area contributed by atoms with Gasteiger partial charge < -0.3 is 14.8 Å². The Labute approximate surface area is 116 Å². The lowest BCUT2D eigenvalue weighted by Crippen LogP contribution is -2.31. The monoisotopic (exact) mass is 263 g/mol. The van der Waals surface area contributed by atoms with Crippen LogP contribution in [0.1, 0.15) is 30.5 Å². The van der Waals surface area contributed by atoms with Crippen molar-refractivity contribution in [1.29, 1.82) is 0 Å². The SMILES string of the molecule is CNC(c1ccc(C)cc1)C(C)OCC1CCOC1. The first-order valence-electron chi connectivity index (χ1n) is 7.14. The Hall–Kier alpha value is -0.900. The van der Waals surface area contributed by atoms with E-state index in [1.807, 2.05) is 7.05 Å². The van der Waals surface area contributed by atoms with E-state index in [2.05, 4.69) is 43.4 Å². The Morgan fingerprint density at radius 3 is 2.68 bits per heavy atom. The Morgan fingerprint density at radius 1 is 1.37 bits per heavy atom. The minimum absolute atomic E-state index is 0.160. The summed E-state index contributed by atoms with van der Waals surface area (Å²) in [6.45, 7) is 6.78. The second kappa shape index (κ2) is 7.04. The van der Waals surface area contributed by atoms with Crippen LogP contribution in [0, 0.1) is 12.8 Å². The topological polar surface area (TPSA) is 30.5 Å². The third-order valence-corrected chi connectivity index (χ3v) is 3.84. The third kappa shape index (κ3) is 4.03. The molecule has 106 valence electrons. The van der Waals surface area contributed by atoms with Crippen molar-refractivity contribution in [2.75, 3.05) is 26.9 Å². The highest BCUT2D eigenvalue weighted by Crippen LogP contribution is 2.21. The number of hydrogen-bond acceptors (Lipinski definition) is 3. The second-order valence-electron chi connectivity index (χ2n) is 5.45. The highest BCUT2D eigenvalue weighted by Gasteiger charge is 2.21. The summed E-state index contributed by atoms with van der Waals surface area (Å²) in [6, 6.07) is 8.89. The number of aryl methyl sites for hydroxylation is 1. The van der Waals surface area contributed by atoms with Crippen molar-refractivity contribution in [2.24, 2.45) is 5.92 Å². The molecule has 1 aliphatic rings. The van der Waals surface area contributed by atoms with Gasteiger partial charge in [-0.3, -0.25) is 0 Å². The van der Waals surface area contributed by atoms with Crippen molar-refractivity contribution in [3.63, 3.8) is 0 Å². The van der Waals surface area contributed by atoms with Crippen molar-refractivity contribution in [3.8, 4) is 0 Å². The fourth-order valence-corrected chi connectivity index (χ4v) is 2.55. The van der Waals surface area contributed by atoms with Crippen molar-refractivity contribution >= 4 is 0 Å². The number of nitrogens with one attached hydrogen (secondary N) is 1. The van der Waals surface area contributed by atoms with E-state index in [1.165, 1.54) is 11.1 Å². The lowest BCUT2D eigenvalue weighted by atomic mass is 10.0. The average molecular weight is 263 g/mol. The van der Waals surface area contributed by atoms with Crippen molar-refractivity contribution in [2.45, 2.75) is 32.4 Å². The van der Waals surface area contributed by atoms with E-state index in [0.717, 1.165) is 26.2 Å². The Kier molecular flexibility index (Phi) is 5.37. The molecule has 3 atom stereocenters. The van der Waals surface area contributed by atoms with Crippen LogP contribution in [0.15, 0.2) is 24.3 Å². The standard InChI is InChI=1S/C16H25NO2/c1-12-4-6-15(7-5-12)16(17-3)13(2)19-11-14-8-9-18-10-14/h4-7,13-14,16-17H,8-11H2,1-3H3. The predicted octanol–water partition coefficient (Wildman–Crippen LogP) is 2.70. The molecule has 19 heavy (non-hydrogen) atoms. The smallest absolute Gasteiger partial charge is 0.0741 e. The molecule has 2 rings (SSSR count). The van der Waals surface area contributed by atoms with Gasteiger partial charge in [-0.15, -0.1) is 0 Å². The van der Waals surface area contributed by atoms with Crippen LogP contribution in [0.4, 0.5) is 0 Å². The summed E-state index contributed by atoms with van der Waals surface area (Å²) in [7, 11) is 1.99. The minimum atomic E-state index is 0.160. The van der Waals surface area contributed by atoms with Crippen LogP contribution in [-0.2, 0) is 9.47 Å². The first-order chi connectivity index (χ1) is 9.20. The largest absolute Gasteiger partial charge is 0.381 e. The molecule has 1 aromatic carbocycles. The lowest BCUT2D eigenvalue weighted by molar-refractivity contribution is 0.0160. The highest BCUT2D eigenvalue weighted by molar-refractivity contribution is 5.24. The lowest BCUT2D eigenvalue weighted by Gasteiger charge is -2.25. The van der Waals surface area contributed by atoms with E-state index in [0.29, 0.717) is 5.92 Å². The summed E-state index contributed by atoms with van der Waals surface area (Å²) in [5.41, 5.74) is 2.57. The van der Waals surface area contributed by atoms with Gasteiger partial charge >= 0.3 is 0 Å². The summed E-state index contributed by atoms with van der Waals surface area (Å²) in [5, 5.41) is 3.36. The van der Waals surface area contributed by atoms with Gasteiger partial charge in [0.2, 0.25) is 0 Å². The van der Waals surface area contributed by atoms with Gasteiger partial charge in [0, 0.05) is 12.5 Å². The molecule has 0 amide bonds. The summed E-state index contributed by atoms with van der Waals surface area (Å²) < 4.78 is 11.4. The van der Waals surface area contributed by atoms with Gasteiger partial charge in [-0.05, 0) is 32.9 Å². The molecule has 1 aromatic rings. The molecule has 3 heteroatoms. The number of hydrogen-bond donors (Lipinski definition) is 1. The molecular formula is C16H25NO2. The molecule has 1 N–H and O–H groups in total. The highest BCUT2D eigenvalue weighted by atomic mass is 16.5. The van der Waals surface area contributed by atoms with Crippen LogP contribution >= 0.6 is 0 Å². The van der Waals surface area contributed by atoms with E-state index >= 15 is 0 Å². The van der Waals surface area contributed by atoms with E-state index in [-0.39, 0.29) is 12.1 Å². The zero-order valence-electron chi connectivity index (χ0n) is 12.2. The number of rotatable bonds is 6. The van der Waals surface area contributed by atoms with Gasteiger partial charge in [0.05, 0.1) is 25.4 Å². The van der Waals surface area contributed by atoms with Crippen molar-refractivity contribution < 1.29 is 9.47 Å². The molecule has 0 aromatic heterocycles. The Morgan fingerprint density at radius 2 is 2.11 bits per heavy atom. The van der Waals surface area contributed by atoms with E-state index in [9.17, 15) is 0 Å². The summed E-state index contributed by atoms with van der Waals surface area (Å²) in [5.74, 6) is 0.568. The third-order valence-electron chi connectivity index (χ3n) is 3.84. The van der Waals surface area contributed by atoms with Crippen molar-refractivity contribution in [3.05, 3.63) is 35.4 Å². The molecule has 1 heterocycles. The van der Waals surface area contributed by atoms with E-state index in [4.69, 9.17) is 9.47 Å². The second-order valence-corrected chi connectivity index (χ2v) is 5.45. The minimum Gasteiger partial charge on any atom is -0.381 e. The average Bonchev–Trinajstić information content (AvgIpc) is 2.92. The van der Waals surface area contributed by atoms with Crippen molar-refractivity contribution in [1.82, 2.24) is 5.32 Å². The zero-order chi connectivity index (χ0) is 13.7. The van der Waals surface area contributed by atoms with Gasteiger partial charge in [-0.1, -0.05) is 29.8 Å². The van der Waals surface area contributed by atoms with Crippen LogP contribution in [0.5, 0.6) is 0 Å². The molecular weight excluding hydrogens is 238 g/mol. The zero-order valence-corrected chi connectivity index (χ0v) is 12.2. The molecule has 0 spiro atoms. The predicted molar refractivity (Wildman–Crippen MR) is 77.3 cm³/mol. The molecule has 1 saturated heterocycles. The van der Waals surface area contributed by atoms with Crippen LogP contribution in [0.3, 0.4) is 0 Å². The van der Waals surface area contributed by atoms with Gasteiger partial charge in [0.25, 0.3) is 0 Å². The van der Waals surface area contributed by atoms with Gasteiger partial charge in [-0.25, -0.2) is 0 Å². The Balaban J connectivity index is 1.90. The fourth-order valence-electron chi connectivity index (χ4n) is 2.55. The first kappa shape index (κ1) is 14.5. The summed E-state index contributed by atoms with van der Waals surface area (Å²) >= 11 is 0. The van der Waals surface area contributed by atoms with E-state index in [1.54, 1.807) is 0 Å². The molecule has 0 bridgehead atoms. The molecule has 0 saturated carbocycles. The maximum absolute atomic E-state index is 6.02. The normalized spacial score (nSPS) is 22.4. The fraction of sp³-hybridized carbons (Fsp3) is 0.625. The van der Waals surface area contributed by atoms with E-state index < -0.39 is 0 Å². The molecule has 1 fully saturated rings. The van der Waals surface area contributed by atoms with Crippen LogP contribution < -0.4 is 5.32 Å². The van der Waals surface area contributed by atoms with Gasteiger partial charge in [0.1, 0.15) is 0 Å². The maximum atomic E-state index is 6.02. The quantitative estimate of drug-likeness (QED) is 0.856. The number of ether oxygens (including phenoxy) is 2. The van der Waals surface area contributed by atoms with Gasteiger partial charge in [0.15, 0.2) is 0 Å². The number of likely N-dealkylation sites (N-methyl/N-ethyl adjacent to an activating group) is 1. The summed E-state index contributed by atoms with van der Waals surface area (Å²) in [6.07, 6.45) is 1.29. The van der Waals surface area contributed by atoms with Crippen LogP contribution in [-0.4, -0.2) is 33.0 Å². The molecule has 3 nitrogen and oxygen atoms in total. The Bertz CT molecular complexity index is 371. The molecule has 0 aliphatic carbocycles. The number of benzene rings is 1. The molecule has 3 unspecified atom stereocenters. The van der Waals surface area contributed by atoms with Crippen LogP contribution in [0.25, 0.3) is 0 Å². The summed E-state index contributed by atoms with van der Waals surface area (Å²) in [4.78, 5) is 0.